The van der Waals surface area contributed by atoms with Crippen molar-refractivity contribution in [2.45, 2.75) is 32.4 Å². The molecule has 0 aliphatic carbocycles. The molecule has 0 radical (unpaired) electrons. The number of rotatable bonds is 3. The average Bonchev–Trinajstić information content (AvgIpc) is 2.16. The van der Waals surface area contributed by atoms with E-state index in [0.717, 1.165) is 6.42 Å². The van der Waals surface area contributed by atoms with E-state index < -0.39 is 6.09 Å². The molecule has 2 unspecified atom stereocenters. The summed E-state index contributed by atoms with van der Waals surface area (Å²) in [4.78, 5) is 12.5. The summed E-state index contributed by atoms with van der Waals surface area (Å²) in [6.45, 7) is 5.22. The fraction of sp³-hybridized carbons (Fsp3) is 0.900. The molecule has 1 saturated heterocycles. The van der Waals surface area contributed by atoms with Crippen LogP contribution in [0.2, 0.25) is 0 Å². The van der Waals surface area contributed by atoms with E-state index in [9.17, 15) is 9.90 Å². The summed E-state index contributed by atoms with van der Waals surface area (Å²) >= 11 is 0. The van der Waals surface area contributed by atoms with E-state index in [1.165, 1.54) is 4.90 Å². The zero-order valence-corrected chi connectivity index (χ0v) is 9.31. The Bertz CT molecular complexity index is 221. The Kier molecular flexibility index (Phi) is 4.35. The number of aliphatic hydroxyl groups excluding tert-OH is 1. The van der Waals surface area contributed by atoms with Crippen molar-refractivity contribution in [1.29, 1.82) is 0 Å². The van der Waals surface area contributed by atoms with Crippen molar-refractivity contribution in [3.05, 3.63) is 0 Å². The third-order valence-corrected chi connectivity index (χ3v) is 2.78. The first-order chi connectivity index (χ1) is 7.06. The molecule has 15 heavy (non-hydrogen) atoms. The first-order valence-electron chi connectivity index (χ1n) is 5.40. The smallest absolute Gasteiger partial charge is 0.407 e. The third kappa shape index (κ3) is 3.07. The molecule has 0 spiro atoms. The maximum atomic E-state index is 11.0. The van der Waals surface area contributed by atoms with E-state index >= 15 is 0 Å². The highest BCUT2D eigenvalue weighted by Crippen LogP contribution is 2.18. The van der Waals surface area contributed by atoms with Crippen molar-refractivity contribution in [3.63, 3.8) is 0 Å². The molecule has 2 atom stereocenters. The average molecular weight is 216 g/mol. The van der Waals surface area contributed by atoms with Crippen LogP contribution in [0, 0.1) is 5.92 Å². The van der Waals surface area contributed by atoms with Crippen LogP contribution in [0.3, 0.4) is 0 Å². The Morgan fingerprint density at radius 3 is 2.73 bits per heavy atom. The zero-order valence-electron chi connectivity index (χ0n) is 9.31. The number of hydrogen-bond acceptors (Lipinski definition) is 3. The van der Waals surface area contributed by atoms with Crippen molar-refractivity contribution in [3.8, 4) is 0 Å². The van der Waals surface area contributed by atoms with Crippen LogP contribution in [-0.4, -0.2) is 53.0 Å². The Labute approximate surface area is 90.1 Å². The topological polar surface area (TPSA) is 72.8 Å². The standard InChI is InChI=1S/C10H20N2O3/c1-7(2)5-9-8(6-13)11-3-4-12(9)10(14)15/h7-9,11,13H,3-6H2,1-2H3,(H,14,15). The quantitative estimate of drug-likeness (QED) is 0.636. The second-order valence-electron chi connectivity index (χ2n) is 4.42. The number of carboxylic acid groups (broad SMARTS) is 1. The number of nitrogens with one attached hydrogen (secondary N) is 1. The Morgan fingerprint density at radius 2 is 2.27 bits per heavy atom. The summed E-state index contributed by atoms with van der Waals surface area (Å²) in [6, 6.07) is -0.238. The van der Waals surface area contributed by atoms with Gasteiger partial charge in [0.25, 0.3) is 0 Å². The molecule has 0 aromatic rings. The van der Waals surface area contributed by atoms with Gasteiger partial charge in [0.15, 0.2) is 0 Å². The predicted octanol–water partition coefficient (Wildman–Crippen LogP) is 0.345. The van der Waals surface area contributed by atoms with Gasteiger partial charge in [-0.15, -0.1) is 0 Å². The Hall–Kier alpha value is -0.810. The minimum atomic E-state index is -0.888. The zero-order chi connectivity index (χ0) is 11.4. The van der Waals surface area contributed by atoms with Gasteiger partial charge in [-0.05, 0) is 12.3 Å². The van der Waals surface area contributed by atoms with Crippen LogP contribution >= 0.6 is 0 Å². The molecule has 1 aliphatic rings. The molecule has 0 bridgehead atoms. The SMILES string of the molecule is CC(C)CC1C(CO)NCCN1C(=O)O. The fourth-order valence-electron chi connectivity index (χ4n) is 2.09. The van der Waals surface area contributed by atoms with E-state index in [1.54, 1.807) is 0 Å². The fourth-order valence-corrected chi connectivity index (χ4v) is 2.09. The van der Waals surface area contributed by atoms with Crippen LogP contribution in [0.1, 0.15) is 20.3 Å². The van der Waals surface area contributed by atoms with Crippen molar-refractivity contribution >= 4 is 6.09 Å². The minimum absolute atomic E-state index is 0.0127. The molecule has 1 amide bonds. The molecule has 1 fully saturated rings. The maximum Gasteiger partial charge on any atom is 0.407 e. The van der Waals surface area contributed by atoms with Gasteiger partial charge < -0.3 is 20.4 Å². The van der Waals surface area contributed by atoms with E-state index in [0.29, 0.717) is 19.0 Å². The molecule has 0 aromatic carbocycles. The van der Waals surface area contributed by atoms with Gasteiger partial charge >= 0.3 is 6.09 Å². The summed E-state index contributed by atoms with van der Waals surface area (Å²) in [5, 5.41) is 21.4. The lowest BCUT2D eigenvalue weighted by Gasteiger charge is -2.40. The van der Waals surface area contributed by atoms with E-state index in [-0.39, 0.29) is 18.7 Å². The highest BCUT2D eigenvalue weighted by molar-refractivity contribution is 5.65. The highest BCUT2D eigenvalue weighted by Gasteiger charge is 2.33. The molecular weight excluding hydrogens is 196 g/mol. The van der Waals surface area contributed by atoms with Crippen molar-refractivity contribution < 1.29 is 15.0 Å². The lowest BCUT2D eigenvalue weighted by molar-refractivity contribution is 0.0658. The van der Waals surface area contributed by atoms with Gasteiger partial charge in [-0.2, -0.15) is 0 Å². The second-order valence-corrected chi connectivity index (χ2v) is 4.42. The number of nitrogens with zero attached hydrogens (tertiary/aromatic N) is 1. The number of hydrogen-bond donors (Lipinski definition) is 3. The predicted molar refractivity (Wildman–Crippen MR) is 56.9 cm³/mol. The van der Waals surface area contributed by atoms with E-state index in [4.69, 9.17) is 5.11 Å². The molecule has 5 heteroatoms. The summed E-state index contributed by atoms with van der Waals surface area (Å²) in [5.41, 5.74) is 0. The van der Waals surface area contributed by atoms with Crippen molar-refractivity contribution in [2.75, 3.05) is 19.7 Å². The number of piperazine rings is 1. The molecule has 3 N–H and O–H groups in total. The van der Waals surface area contributed by atoms with Gasteiger partial charge in [0, 0.05) is 13.1 Å². The van der Waals surface area contributed by atoms with Crippen LogP contribution in [-0.2, 0) is 0 Å². The molecule has 1 heterocycles. The van der Waals surface area contributed by atoms with E-state index in [1.807, 2.05) is 0 Å². The monoisotopic (exact) mass is 216 g/mol. The maximum absolute atomic E-state index is 11.0. The van der Waals surface area contributed by atoms with Crippen LogP contribution in [0.5, 0.6) is 0 Å². The lowest BCUT2D eigenvalue weighted by Crippen LogP contribution is -2.60. The van der Waals surface area contributed by atoms with Gasteiger partial charge in [-0.1, -0.05) is 13.8 Å². The van der Waals surface area contributed by atoms with Gasteiger partial charge in [0.2, 0.25) is 0 Å². The largest absolute Gasteiger partial charge is 0.465 e. The molecule has 88 valence electrons. The Morgan fingerprint density at radius 1 is 1.60 bits per heavy atom. The van der Waals surface area contributed by atoms with Gasteiger partial charge in [0.1, 0.15) is 0 Å². The van der Waals surface area contributed by atoms with Crippen LogP contribution in [0.25, 0.3) is 0 Å². The van der Waals surface area contributed by atoms with E-state index in [2.05, 4.69) is 19.2 Å². The Balaban J connectivity index is 2.71. The summed E-state index contributed by atoms with van der Waals surface area (Å²) in [5.74, 6) is 0.422. The molecule has 0 saturated carbocycles. The van der Waals surface area contributed by atoms with Crippen LogP contribution in [0.4, 0.5) is 4.79 Å². The van der Waals surface area contributed by atoms with Gasteiger partial charge in [0.05, 0.1) is 18.7 Å². The first kappa shape index (κ1) is 12.3. The lowest BCUT2D eigenvalue weighted by atomic mass is 9.95. The number of aliphatic hydroxyl groups is 1. The summed E-state index contributed by atoms with van der Waals surface area (Å²) in [6.07, 6.45) is -0.106. The number of carbonyl (C=O) groups is 1. The minimum Gasteiger partial charge on any atom is -0.465 e. The molecule has 1 rings (SSSR count). The number of amides is 1. The van der Waals surface area contributed by atoms with Crippen molar-refractivity contribution in [1.82, 2.24) is 10.2 Å². The highest BCUT2D eigenvalue weighted by atomic mass is 16.4. The normalized spacial score (nSPS) is 27.1. The van der Waals surface area contributed by atoms with Crippen LogP contribution in [0.15, 0.2) is 0 Å². The molecule has 0 aromatic heterocycles. The molecule has 5 nitrogen and oxygen atoms in total. The summed E-state index contributed by atoms with van der Waals surface area (Å²) < 4.78 is 0. The van der Waals surface area contributed by atoms with Crippen LogP contribution < -0.4 is 5.32 Å². The first-order valence-corrected chi connectivity index (χ1v) is 5.40. The van der Waals surface area contributed by atoms with Gasteiger partial charge in [-0.25, -0.2) is 4.79 Å². The van der Waals surface area contributed by atoms with Gasteiger partial charge in [-0.3, -0.25) is 0 Å². The summed E-state index contributed by atoms with van der Waals surface area (Å²) in [7, 11) is 0. The molecular formula is C10H20N2O3. The third-order valence-electron chi connectivity index (χ3n) is 2.78. The second kappa shape index (κ2) is 5.32. The van der Waals surface area contributed by atoms with Crippen molar-refractivity contribution in [2.24, 2.45) is 5.92 Å². The molecule has 1 aliphatic heterocycles.